The summed E-state index contributed by atoms with van der Waals surface area (Å²) in [4.78, 5) is 0. The smallest absolute Gasteiger partial charge is 0.00201 e. The third-order valence-corrected chi connectivity index (χ3v) is 3.68. The van der Waals surface area contributed by atoms with Crippen LogP contribution in [0.25, 0.3) is 0 Å². The molecular formula is C17H29N. The van der Waals surface area contributed by atoms with Crippen LogP contribution in [0.15, 0.2) is 24.3 Å². The molecule has 1 unspecified atom stereocenters. The quantitative estimate of drug-likeness (QED) is 0.626. The van der Waals surface area contributed by atoms with Gasteiger partial charge in [-0.25, -0.2) is 0 Å². The minimum Gasteiger partial charge on any atom is -0.316 e. The van der Waals surface area contributed by atoms with Crippen LogP contribution in [0.3, 0.4) is 0 Å². The summed E-state index contributed by atoms with van der Waals surface area (Å²) >= 11 is 0. The predicted octanol–water partition coefficient (Wildman–Crippen LogP) is 4.66. The lowest BCUT2D eigenvalue weighted by molar-refractivity contribution is 0.519. The van der Waals surface area contributed by atoms with Crippen molar-refractivity contribution in [2.45, 2.75) is 58.8 Å². The van der Waals surface area contributed by atoms with Crippen LogP contribution in [0.4, 0.5) is 0 Å². The van der Waals surface area contributed by atoms with Gasteiger partial charge in [0.05, 0.1) is 0 Å². The van der Waals surface area contributed by atoms with E-state index >= 15 is 0 Å². The summed E-state index contributed by atoms with van der Waals surface area (Å²) in [5, 5.41) is 3.51. The van der Waals surface area contributed by atoms with Crippen molar-refractivity contribution in [2.24, 2.45) is 0 Å². The number of aryl methyl sites for hydroxylation is 1. The highest BCUT2D eigenvalue weighted by molar-refractivity contribution is 5.29. The van der Waals surface area contributed by atoms with E-state index in [1.165, 1.54) is 43.2 Å². The molecule has 1 N–H and O–H groups in total. The van der Waals surface area contributed by atoms with E-state index in [4.69, 9.17) is 0 Å². The molecule has 0 bridgehead atoms. The van der Waals surface area contributed by atoms with Gasteiger partial charge in [0, 0.05) is 6.54 Å². The molecule has 18 heavy (non-hydrogen) atoms. The number of rotatable bonds is 9. The van der Waals surface area contributed by atoms with Crippen molar-refractivity contribution >= 4 is 0 Å². The normalized spacial score (nSPS) is 12.6. The maximum Gasteiger partial charge on any atom is 0.00201 e. The fourth-order valence-electron chi connectivity index (χ4n) is 2.55. The second-order valence-corrected chi connectivity index (χ2v) is 5.21. The van der Waals surface area contributed by atoms with Crippen LogP contribution in [0, 0.1) is 6.92 Å². The third-order valence-electron chi connectivity index (χ3n) is 3.68. The molecule has 1 nitrogen and oxygen atoms in total. The molecule has 0 heterocycles. The van der Waals surface area contributed by atoms with Gasteiger partial charge in [-0.15, -0.1) is 0 Å². The monoisotopic (exact) mass is 247 g/mol. The number of benzene rings is 1. The number of hydrogen-bond donors (Lipinski definition) is 1. The molecule has 0 aliphatic heterocycles. The number of nitrogens with one attached hydrogen (secondary N) is 1. The van der Waals surface area contributed by atoms with E-state index in [9.17, 15) is 0 Å². The lowest BCUT2D eigenvalue weighted by atomic mass is 9.90. The highest BCUT2D eigenvalue weighted by atomic mass is 14.8. The summed E-state index contributed by atoms with van der Waals surface area (Å²) in [5.41, 5.74) is 2.98. The van der Waals surface area contributed by atoms with Crippen LogP contribution in [-0.4, -0.2) is 13.1 Å². The zero-order chi connectivity index (χ0) is 13.2. The van der Waals surface area contributed by atoms with E-state index in [2.05, 4.69) is 50.4 Å². The van der Waals surface area contributed by atoms with Gasteiger partial charge in [0.25, 0.3) is 0 Å². The molecule has 0 saturated carbocycles. The van der Waals surface area contributed by atoms with E-state index in [0.717, 1.165) is 13.1 Å². The Morgan fingerprint density at radius 1 is 1.06 bits per heavy atom. The Labute approximate surface area is 113 Å². The van der Waals surface area contributed by atoms with Gasteiger partial charge >= 0.3 is 0 Å². The van der Waals surface area contributed by atoms with Crippen LogP contribution >= 0.6 is 0 Å². The average molecular weight is 247 g/mol. The van der Waals surface area contributed by atoms with Crippen LogP contribution in [0.1, 0.15) is 63.0 Å². The van der Waals surface area contributed by atoms with Gasteiger partial charge < -0.3 is 5.32 Å². The molecule has 1 aromatic carbocycles. The van der Waals surface area contributed by atoms with E-state index in [1.54, 1.807) is 0 Å². The Kier molecular flexibility index (Phi) is 7.75. The standard InChI is InChI=1S/C17H29N/c1-4-6-7-8-12-16(14-18-5-2)17-13-10-9-11-15(17)3/h9-11,13,16,18H,4-8,12,14H2,1-3H3. The molecule has 0 radical (unpaired) electrons. The second kappa shape index (κ2) is 9.16. The fourth-order valence-corrected chi connectivity index (χ4v) is 2.55. The molecule has 0 aromatic heterocycles. The van der Waals surface area contributed by atoms with Crippen molar-refractivity contribution in [2.75, 3.05) is 13.1 Å². The Morgan fingerprint density at radius 2 is 1.83 bits per heavy atom. The molecule has 1 heteroatoms. The number of unbranched alkanes of at least 4 members (excludes halogenated alkanes) is 3. The first-order chi connectivity index (χ1) is 8.79. The first-order valence-corrected chi connectivity index (χ1v) is 7.55. The van der Waals surface area contributed by atoms with Gasteiger partial charge in [0.1, 0.15) is 0 Å². The SMILES string of the molecule is CCCCCCC(CNCC)c1ccccc1C. The fraction of sp³-hybridized carbons (Fsp3) is 0.647. The minimum atomic E-state index is 0.683. The molecule has 1 aromatic rings. The van der Waals surface area contributed by atoms with Gasteiger partial charge in [0.15, 0.2) is 0 Å². The molecule has 1 atom stereocenters. The third kappa shape index (κ3) is 5.22. The summed E-state index contributed by atoms with van der Waals surface area (Å²) in [7, 11) is 0. The van der Waals surface area contributed by atoms with Crippen molar-refractivity contribution in [1.82, 2.24) is 5.32 Å². The highest BCUT2D eigenvalue weighted by Gasteiger charge is 2.12. The molecule has 0 aliphatic carbocycles. The molecule has 0 spiro atoms. The topological polar surface area (TPSA) is 12.0 Å². The lowest BCUT2D eigenvalue weighted by Crippen LogP contribution is -2.21. The van der Waals surface area contributed by atoms with Gasteiger partial charge in [0.2, 0.25) is 0 Å². The summed E-state index contributed by atoms with van der Waals surface area (Å²) in [5.74, 6) is 0.683. The van der Waals surface area contributed by atoms with Gasteiger partial charge in [-0.1, -0.05) is 63.8 Å². The summed E-state index contributed by atoms with van der Waals surface area (Å²) < 4.78 is 0. The molecular weight excluding hydrogens is 218 g/mol. The summed E-state index contributed by atoms with van der Waals surface area (Å²) in [6.45, 7) is 8.88. The average Bonchev–Trinajstić information content (AvgIpc) is 2.39. The first-order valence-electron chi connectivity index (χ1n) is 7.55. The Morgan fingerprint density at radius 3 is 2.50 bits per heavy atom. The highest BCUT2D eigenvalue weighted by Crippen LogP contribution is 2.24. The summed E-state index contributed by atoms with van der Waals surface area (Å²) in [6.07, 6.45) is 6.75. The van der Waals surface area contributed by atoms with Crippen LogP contribution in [0.2, 0.25) is 0 Å². The second-order valence-electron chi connectivity index (χ2n) is 5.21. The Bertz CT molecular complexity index is 319. The van der Waals surface area contributed by atoms with Crippen LogP contribution in [0.5, 0.6) is 0 Å². The van der Waals surface area contributed by atoms with Crippen molar-refractivity contribution in [3.8, 4) is 0 Å². The molecule has 0 fully saturated rings. The number of likely N-dealkylation sites (N-methyl/N-ethyl adjacent to an activating group) is 1. The Balaban J connectivity index is 2.57. The van der Waals surface area contributed by atoms with E-state index in [1.807, 2.05) is 0 Å². The molecule has 0 aliphatic rings. The van der Waals surface area contributed by atoms with Crippen molar-refractivity contribution in [3.05, 3.63) is 35.4 Å². The van der Waals surface area contributed by atoms with E-state index < -0.39 is 0 Å². The number of hydrogen-bond acceptors (Lipinski definition) is 1. The Hall–Kier alpha value is -0.820. The van der Waals surface area contributed by atoms with Crippen LogP contribution in [-0.2, 0) is 0 Å². The first kappa shape index (κ1) is 15.2. The van der Waals surface area contributed by atoms with Gasteiger partial charge in [-0.05, 0) is 36.9 Å². The zero-order valence-corrected chi connectivity index (χ0v) is 12.3. The van der Waals surface area contributed by atoms with Gasteiger partial charge in [-0.2, -0.15) is 0 Å². The molecule has 0 saturated heterocycles. The maximum atomic E-state index is 3.51. The largest absolute Gasteiger partial charge is 0.316 e. The van der Waals surface area contributed by atoms with E-state index in [-0.39, 0.29) is 0 Å². The zero-order valence-electron chi connectivity index (χ0n) is 12.3. The minimum absolute atomic E-state index is 0.683. The molecule has 0 amide bonds. The molecule has 1 rings (SSSR count). The lowest BCUT2D eigenvalue weighted by Gasteiger charge is -2.20. The van der Waals surface area contributed by atoms with Crippen molar-refractivity contribution in [1.29, 1.82) is 0 Å². The maximum absolute atomic E-state index is 3.51. The van der Waals surface area contributed by atoms with E-state index in [0.29, 0.717) is 5.92 Å². The summed E-state index contributed by atoms with van der Waals surface area (Å²) in [6, 6.07) is 8.85. The van der Waals surface area contributed by atoms with Gasteiger partial charge in [-0.3, -0.25) is 0 Å². The van der Waals surface area contributed by atoms with Crippen molar-refractivity contribution in [3.63, 3.8) is 0 Å². The molecule has 102 valence electrons. The predicted molar refractivity (Wildman–Crippen MR) is 81.2 cm³/mol. The van der Waals surface area contributed by atoms with Crippen molar-refractivity contribution < 1.29 is 0 Å². The van der Waals surface area contributed by atoms with Crippen LogP contribution < -0.4 is 5.32 Å².